The average molecular weight is 295 g/mol. The maximum atomic E-state index is 10.9. The zero-order valence-corrected chi connectivity index (χ0v) is 12.2. The first-order valence-corrected chi connectivity index (χ1v) is 7.34. The highest BCUT2D eigenvalue weighted by Crippen LogP contribution is 2.28. The largest absolute Gasteiger partial charge is 0.497 e. The minimum atomic E-state index is 0.127. The molecule has 0 bridgehead atoms. The summed E-state index contributed by atoms with van der Waals surface area (Å²) in [6.45, 7) is 1.56. The molecule has 0 atom stereocenters. The summed E-state index contributed by atoms with van der Waals surface area (Å²) in [6.07, 6.45) is 0. The van der Waals surface area contributed by atoms with Gasteiger partial charge in [-0.3, -0.25) is 4.79 Å². The smallest absolute Gasteiger partial charge is 0.210 e. The second-order valence-electron chi connectivity index (χ2n) is 3.72. The maximum absolute atomic E-state index is 10.9. The molecule has 0 aliphatic rings. The van der Waals surface area contributed by atoms with Crippen molar-refractivity contribution in [1.82, 2.24) is 10.2 Å². The van der Waals surface area contributed by atoms with Crippen molar-refractivity contribution >= 4 is 39.7 Å². The summed E-state index contributed by atoms with van der Waals surface area (Å²) in [7, 11) is 1.63. The van der Waals surface area contributed by atoms with E-state index in [9.17, 15) is 4.79 Å². The summed E-state index contributed by atoms with van der Waals surface area (Å²) >= 11 is 2.82. The van der Waals surface area contributed by atoms with E-state index in [0.717, 1.165) is 15.8 Å². The number of nitrogens with zero attached hydrogens (tertiary/aromatic N) is 2. The van der Waals surface area contributed by atoms with Gasteiger partial charge in [-0.15, -0.1) is 10.2 Å². The molecule has 100 valence electrons. The van der Waals surface area contributed by atoms with Crippen LogP contribution in [-0.4, -0.2) is 28.8 Å². The van der Waals surface area contributed by atoms with E-state index in [2.05, 4.69) is 15.5 Å². The molecule has 0 saturated heterocycles. The van der Waals surface area contributed by atoms with Gasteiger partial charge in [-0.2, -0.15) is 0 Å². The van der Waals surface area contributed by atoms with Gasteiger partial charge in [-0.25, -0.2) is 0 Å². The van der Waals surface area contributed by atoms with E-state index in [-0.39, 0.29) is 5.78 Å². The van der Waals surface area contributed by atoms with Gasteiger partial charge in [0.25, 0.3) is 0 Å². The fourth-order valence-electron chi connectivity index (χ4n) is 1.31. The lowest BCUT2D eigenvalue weighted by Gasteiger charge is -2.04. The second-order valence-corrected chi connectivity index (χ2v) is 5.92. The van der Waals surface area contributed by atoms with Crippen LogP contribution in [0.25, 0.3) is 0 Å². The van der Waals surface area contributed by atoms with E-state index < -0.39 is 0 Å². The van der Waals surface area contributed by atoms with Crippen molar-refractivity contribution in [2.24, 2.45) is 0 Å². The normalized spacial score (nSPS) is 10.2. The quantitative estimate of drug-likeness (QED) is 0.827. The lowest BCUT2D eigenvalue weighted by Crippen LogP contribution is -1.92. The predicted octanol–water partition coefficient (Wildman–Crippen LogP) is 2.97. The van der Waals surface area contributed by atoms with Crippen molar-refractivity contribution in [3.63, 3.8) is 0 Å². The maximum Gasteiger partial charge on any atom is 0.210 e. The number of ketones is 1. The molecule has 2 rings (SSSR count). The van der Waals surface area contributed by atoms with Crippen LogP contribution in [0.15, 0.2) is 28.6 Å². The Morgan fingerprint density at radius 2 is 2.32 bits per heavy atom. The molecule has 0 unspecified atom stereocenters. The number of thioether (sulfide) groups is 1. The van der Waals surface area contributed by atoms with Gasteiger partial charge >= 0.3 is 0 Å². The fraction of sp³-hybridized carbons (Fsp3) is 0.250. The van der Waals surface area contributed by atoms with Gasteiger partial charge in [0, 0.05) is 11.8 Å². The number of aromatic nitrogens is 2. The van der Waals surface area contributed by atoms with Gasteiger partial charge in [0.05, 0.1) is 12.9 Å². The number of carbonyl (C=O) groups excluding carboxylic acids is 1. The number of hydrogen-bond acceptors (Lipinski definition) is 7. The van der Waals surface area contributed by atoms with E-state index in [1.165, 1.54) is 23.1 Å². The summed E-state index contributed by atoms with van der Waals surface area (Å²) in [4.78, 5) is 10.9. The van der Waals surface area contributed by atoms with Crippen LogP contribution >= 0.6 is 23.1 Å². The van der Waals surface area contributed by atoms with Crippen molar-refractivity contribution in [3.05, 3.63) is 24.3 Å². The summed E-state index contributed by atoms with van der Waals surface area (Å²) < 4.78 is 5.93. The lowest BCUT2D eigenvalue weighted by atomic mass is 10.3. The van der Waals surface area contributed by atoms with Crippen molar-refractivity contribution in [1.29, 1.82) is 0 Å². The number of rotatable bonds is 6. The van der Waals surface area contributed by atoms with Crippen LogP contribution in [0.4, 0.5) is 10.8 Å². The van der Waals surface area contributed by atoms with E-state index in [0.29, 0.717) is 10.9 Å². The van der Waals surface area contributed by atoms with Crippen molar-refractivity contribution in [3.8, 4) is 5.75 Å². The zero-order valence-electron chi connectivity index (χ0n) is 10.5. The number of carbonyl (C=O) groups is 1. The van der Waals surface area contributed by atoms with Crippen LogP contribution in [0.5, 0.6) is 5.75 Å². The standard InChI is InChI=1S/C12H13N3O2S2/c1-8(16)7-18-12-15-14-11(19-12)13-9-4-3-5-10(6-9)17-2/h3-6H,7H2,1-2H3,(H,13,14). The molecule has 2 aromatic rings. The molecule has 7 heteroatoms. The number of anilines is 2. The van der Waals surface area contributed by atoms with Gasteiger partial charge in [0.1, 0.15) is 11.5 Å². The molecule has 0 radical (unpaired) electrons. The Labute approximate surface area is 119 Å². The van der Waals surface area contributed by atoms with Gasteiger partial charge in [0.2, 0.25) is 5.13 Å². The highest BCUT2D eigenvalue weighted by Gasteiger charge is 2.06. The van der Waals surface area contributed by atoms with E-state index >= 15 is 0 Å². The number of hydrogen-bond donors (Lipinski definition) is 1. The van der Waals surface area contributed by atoms with Gasteiger partial charge in [0.15, 0.2) is 4.34 Å². The first-order valence-electron chi connectivity index (χ1n) is 5.54. The fourth-order valence-corrected chi connectivity index (χ4v) is 2.88. The summed E-state index contributed by atoms with van der Waals surface area (Å²) in [5, 5.41) is 11.9. The molecular formula is C12H13N3O2S2. The summed E-state index contributed by atoms with van der Waals surface area (Å²) in [6, 6.07) is 7.57. The van der Waals surface area contributed by atoms with Crippen LogP contribution < -0.4 is 10.1 Å². The third-order valence-corrected chi connectivity index (χ3v) is 4.24. The minimum absolute atomic E-state index is 0.127. The molecule has 1 aromatic heterocycles. The second kappa shape index (κ2) is 6.53. The molecule has 0 aliphatic heterocycles. The Hall–Kier alpha value is -1.60. The molecule has 1 heterocycles. The van der Waals surface area contributed by atoms with Crippen LogP contribution in [0.1, 0.15) is 6.92 Å². The third kappa shape index (κ3) is 4.22. The zero-order chi connectivity index (χ0) is 13.7. The first-order chi connectivity index (χ1) is 9.17. The number of nitrogens with one attached hydrogen (secondary N) is 1. The molecule has 19 heavy (non-hydrogen) atoms. The first kappa shape index (κ1) is 13.8. The van der Waals surface area contributed by atoms with E-state index in [1.54, 1.807) is 14.0 Å². The summed E-state index contributed by atoms with van der Waals surface area (Å²) in [5.74, 6) is 1.33. The molecule has 0 amide bonds. The monoisotopic (exact) mass is 295 g/mol. The Morgan fingerprint density at radius 1 is 1.47 bits per heavy atom. The molecule has 5 nitrogen and oxygen atoms in total. The van der Waals surface area contributed by atoms with Gasteiger partial charge in [-0.1, -0.05) is 29.2 Å². The van der Waals surface area contributed by atoms with Gasteiger partial charge in [-0.05, 0) is 19.1 Å². The molecular weight excluding hydrogens is 282 g/mol. The SMILES string of the molecule is COc1cccc(Nc2nnc(SCC(C)=O)s2)c1. The number of ether oxygens (including phenoxy) is 1. The van der Waals surface area contributed by atoms with E-state index in [1.807, 2.05) is 24.3 Å². The van der Waals surface area contributed by atoms with Crippen LogP contribution in [0.2, 0.25) is 0 Å². The molecule has 0 spiro atoms. The molecule has 0 aliphatic carbocycles. The van der Waals surface area contributed by atoms with Crippen molar-refractivity contribution in [2.75, 3.05) is 18.2 Å². The van der Waals surface area contributed by atoms with Crippen LogP contribution in [0, 0.1) is 0 Å². The minimum Gasteiger partial charge on any atom is -0.497 e. The Kier molecular flexibility index (Phi) is 4.75. The molecule has 1 N–H and O–H groups in total. The van der Waals surface area contributed by atoms with E-state index in [4.69, 9.17) is 4.74 Å². The number of methoxy groups -OCH3 is 1. The van der Waals surface area contributed by atoms with Crippen molar-refractivity contribution in [2.45, 2.75) is 11.3 Å². The topological polar surface area (TPSA) is 64.1 Å². The Balaban J connectivity index is 2.00. The lowest BCUT2D eigenvalue weighted by molar-refractivity contribution is -0.114. The van der Waals surface area contributed by atoms with Crippen molar-refractivity contribution < 1.29 is 9.53 Å². The third-order valence-electron chi connectivity index (χ3n) is 2.13. The van der Waals surface area contributed by atoms with Crippen LogP contribution in [0.3, 0.4) is 0 Å². The molecule has 0 saturated carbocycles. The number of benzene rings is 1. The van der Waals surface area contributed by atoms with Gasteiger partial charge < -0.3 is 10.1 Å². The highest BCUT2D eigenvalue weighted by molar-refractivity contribution is 8.01. The number of Topliss-reactive ketones (excluding diaryl/α,β-unsaturated/α-hetero) is 1. The highest BCUT2D eigenvalue weighted by atomic mass is 32.2. The average Bonchev–Trinajstić information content (AvgIpc) is 2.84. The summed E-state index contributed by atoms with van der Waals surface area (Å²) in [5.41, 5.74) is 0.888. The van der Waals surface area contributed by atoms with Crippen LogP contribution in [-0.2, 0) is 4.79 Å². The predicted molar refractivity (Wildman–Crippen MR) is 77.6 cm³/mol. The molecule has 1 aromatic carbocycles. The Morgan fingerprint density at radius 3 is 3.05 bits per heavy atom. The molecule has 0 fully saturated rings. The Bertz CT molecular complexity index is 572.